The second-order valence-corrected chi connectivity index (χ2v) is 5.73. The van der Waals surface area contributed by atoms with E-state index < -0.39 is 5.97 Å². The van der Waals surface area contributed by atoms with Crippen LogP contribution in [-0.2, 0) is 0 Å². The lowest BCUT2D eigenvalue weighted by atomic mass is 10.2. The van der Waals surface area contributed by atoms with Crippen molar-refractivity contribution >= 4 is 37.8 Å². The van der Waals surface area contributed by atoms with Gasteiger partial charge in [-0.2, -0.15) is 0 Å². The smallest absolute Gasteiger partial charge is 0.336 e. The van der Waals surface area contributed by atoms with Crippen LogP contribution >= 0.6 is 31.9 Å². The summed E-state index contributed by atoms with van der Waals surface area (Å²) in [6.07, 6.45) is 0. The first-order valence-electron chi connectivity index (χ1n) is 5.44. The van der Waals surface area contributed by atoms with Gasteiger partial charge in [0.15, 0.2) is 0 Å². The zero-order valence-corrected chi connectivity index (χ0v) is 13.2. The lowest BCUT2D eigenvalue weighted by Gasteiger charge is -2.10. The predicted octanol–water partition coefficient (Wildman–Crippen LogP) is 5.01. The van der Waals surface area contributed by atoms with Gasteiger partial charge in [0.2, 0.25) is 0 Å². The number of carboxylic acids is 1. The molecule has 0 unspecified atom stereocenters. The minimum Gasteiger partial charge on any atom is -0.478 e. The third-order valence-electron chi connectivity index (χ3n) is 2.55. The summed E-state index contributed by atoms with van der Waals surface area (Å²) < 4.78 is 7.17. The Morgan fingerprint density at radius 1 is 1.16 bits per heavy atom. The SMILES string of the molecule is Cc1ccc(Br)cc1Oc1ccc(C(=O)O)c(Br)c1. The summed E-state index contributed by atoms with van der Waals surface area (Å²) in [5.41, 5.74) is 1.21. The Bertz CT molecular complexity index is 639. The number of benzene rings is 2. The molecular formula is C14H10Br2O3. The van der Waals surface area contributed by atoms with Crippen LogP contribution in [0.5, 0.6) is 11.5 Å². The molecule has 3 nitrogen and oxygen atoms in total. The van der Waals surface area contributed by atoms with Gasteiger partial charge in [0.1, 0.15) is 11.5 Å². The molecule has 0 saturated carbocycles. The van der Waals surface area contributed by atoms with Crippen LogP contribution in [0.15, 0.2) is 45.3 Å². The van der Waals surface area contributed by atoms with Crippen LogP contribution < -0.4 is 4.74 Å². The van der Waals surface area contributed by atoms with Crippen molar-refractivity contribution in [2.24, 2.45) is 0 Å². The maximum Gasteiger partial charge on any atom is 0.336 e. The van der Waals surface area contributed by atoms with Gasteiger partial charge in [-0.15, -0.1) is 0 Å². The molecule has 0 fully saturated rings. The van der Waals surface area contributed by atoms with Crippen molar-refractivity contribution in [3.8, 4) is 11.5 Å². The van der Waals surface area contributed by atoms with E-state index in [1.807, 2.05) is 25.1 Å². The van der Waals surface area contributed by atoms with Crippen molar-refractivity contribution in [3.63, 3.8) is 0 Å². The highest BCUT2D eigenvalue weighted by molar-refractivity contribution is 9.10. The third-order valence-corrected chi connectivity index (χ3v) is 3.70. The number of ether oxygens (including phenoxy) is 1. The second kappa shape index (κ2) is 5.75. The summed E-state index contributed by atoms with van der Waals surface area (Å²) in [6.45, 7) is 1.95. The molecule has 98 valence electrons. The standard InChI is InChI=1S/C14H10Br2O3/c1-8-2-3-9(15)6-13(8)19-10-4-5-11(14(17)18)12(16)7-10/h2-7H,1H3,(H,17,18). The maximum absolute atomic E-state index is 10.9. The molecule has 1 N–H and O–H groups in total. The molecule has 2 aromatic carbocycles. The molecule has 2 rings (SSSR count). The molecule has 0 heterocycles. The molecule has 0 aromatic heterocycles. The molecule has 0 bridgehead atoms. The van der Waals surface area contributed by atoms with E-state index in [9.17, 15) is 4.79 Å². The Kier molecular flexibility index (Phi) is 4.27. The maximum atomic E-state index is 10.9. The largest absolute Gasteiger partial charge is 0.478 e. The molecule has 0 spiro atoms. The number of rotatable bonds is 3. The number of halogens is 2. The minimum atomic E-state index is -0.975. The van der Waals surface area contributed by atoms with Crippen LogP contribution in [0, 0.1) is 6.92 Å². The Hall–Kier alpha value is -1.33. The summed E-state index contributed by atoms with van der Waals surface area (Å²) >= 11 is 6.61. The number of hydrogen-bond acceptors (Lipinski definition) is 2. The fourth-order valence-electron chi connectivity index (χ4n) is 1.54. The van der Waals surface area contributed by atoms with Gasteiger partial charge in [-0.05, 0) is 58.7 Å². The Labute approximate surface area is 127 Å². The summed E-state index contributed by atoms with van der Waals surface area (Å²) in [5, 5.41) is 8.95. The highest BCUT2D eigenvalue weighted by Gasteiger charge is 2.10. The lowest BCUT2D eigenvalue weighted by Crippen LogP contribution is -1.97. The summed E-state index contributed by atoms with van der Waals surface area (Å²) in [6, 6.07) is 10.5. The van der Waals surface area contributed by atoms with Crippen LogP contribution in [0.3, 0.4) is 0 Å². The van der Waals surface area contributed by atoms with Gasteiger partial charge in [-0.3, -0.25) is 0 Å². The quantitative estimate of drug-likeness (QED) is 0.807. The summed E-state index contributed by atoms with van der Waals surface area (Å²) in [5.74, 6) is 0.333. The molecule has 0 radical (unpaired) electrons. The van der Waals surface area contributed by atoms with Crippen LogP contribution in [0.1, 0.15) is 15.9 Å². The number of aryl methyl sites for hydroxylation is 1. The predicted molar refractivity (Wildman–Crippen MR) is 80.1 cm³/mol. The fourth-order valence-corrected chi connectivity index (χ4v) is 2.41. The Morgan fingerprint density at radius 3 is 2.53 bits per heavy atom. The fraction of sp³-hybridized carbons (Fsp3) is 0.0714. The minimum absolute atomic E-state index is 0.207. The lowest BCUT2D eigenvalue weighted by molar-refractivity contribution is 0.0696. The summed E-state index contributed by atoms with van der Waals surface area (Å²) in [7, 11) is 0. The van der Waals surface area contributed by atoms with E-state index in [1.165, 1.54) is 6.07 Å². The van der Waals surface area contributed by atoms with Gasteiger partial charge in [-0.1, -0.05) is 22.0 Å². The van der Waals surface area contributed by atoms with Gasteiger partial charge in [0.05, 0.1) is 5.56 Å². The first-order valence-corrected chi connectivity index (χ1v) is 7.03. The molecular weight excluding hydrogens is 376 g/mol. The van der Waals surface area contributed by atoms with Gasteiger partial charge < -0.3 is 9.84 Å². The van der Waals surface area contributed by atoms with Crippen LogP contribution in [0.25, 0.3) is 0 Å². The second-order valence-electron chi connectivity index (χ2n) is 3.96. The topological polar surface area (TPSA) is 46.5 Å². The van der Waals surface area contributed by atoms with Crippen LogP contribution in [-0.4, -0.2) is 11.1 Å². The zero-order valence-electron chi connectivity index (χ0n) is 9.98. The van der Waals surface area contributed by atoms with Crippen LogP contribution in [0.4, 0.5) is 0 Å². The highest BCUT2D eigenvalue weighted by atomic mass is 79.9. The average molecular weight is 386 g/mol. The van der Waals surface area contributed by atoms with E-state index in [-0.39, 0.29) is 5.56 Å². The van der Waals surface area contributed by atoms with Crippen molar-refractivity contribution in [1.82, 2.24) is 0 Å². The summed E-state index contributed by atoms with van der Waals surface area (Å²) in [4.78, 5) is 10.9. The van der Waals surface area contributed by atoms with E-state index in [4.69, 9.17) is 9.84 Å². The number of carboxylic acid groups (broad SMARTS) is 1. The van der Waals surface area contributed by atoms with Gasteiger partial charge in [0.25, 0.3) is 0 Å². The molecule has 0 aliphatic rings. The Balaban J connectivity index is 2.31. The Morgan fingerprint density at radius 2 is 1.89 bits per heavy atom. The van der Waals surface area contributed by atoms with E-state index in [0.29, 0.717) is 10.2 Å². The van der Waals surface area contributed by atoms with Gasteiger partial charge >= 0.3 is 5.97 Å². The van der Waals surface area contributed by atoms with E-state index in [0.717, 1.165) is 15.8 Å². The van der Waals surface area contributed by atoms with Crippen molar-refractivity contribution < 1.29 is 14.6 Å². The number of aromatic carboxylic acids is 1. The number of carbonyl (C=O) groups is 1. The van der Waals surface area contributed by atoms with E-state index in [2.05, 4.69) is 31.9 Å². The molecule has 0 aliphatic heterocycles. The normalized spacial score (nSPS) is 10.3. The van der Waals surface area contributed by atoms with Gasteiger partial charge in [-0.25, -0.2) is 4.79 Å². The first kappa shape index (κ1) is 14.1. The van der Waals surface area contributed by atoms with Gasteiger partial charge in [0, 0.05) is 8.95 Å². The third kappa shape index (κ3) is 3.36. The molecule has 5 heteroatoms. The number of hydrogen-bond donors (Lipinski definition) is 1. The molecule has 0 amide bonds. The van der Waals surface area contributed by atoms with Crippen LogP contribution in [0.2, 0.25) is 0 Å². The zero-order chi connectivity index (χ0) is 14.0. The van der Waals surface area contributed by atoms with Crippen molar-refractivity contribution in [2.45, 2.75) is 6.92 Å². The first-order chi connectivity index (χ1) is 8.97. The van der Waals surface area contributed by atoms with E-state index >= 15 is 0 Å². The average Bonchev–Trinajstić information content (AvgIpc) is 2.33. The molecule has 0 aliphatic carbocycles. The molecule has 19 heavy (non-hydrogen) atoms. The monoisotopic (exact) mass is 384 g/mol. The highest BCUT2D eigenvalue weighted by Crippen LogP contribution is 2.30. The van der Waals surface area contributed by atoms with E-state index in [1.54, 1.807) is 12.1 Å². The molecule has 0 saturated heterocycles. The van der Waals surface area contributed by atoms with Crippen molar-refractivity contribution in [1.29, 1.82) is 0 Å². The molecule has 2 aromatic rings. The van der Waals surface area contributed by atoms with Crippen molar-refractivity contribution in [3.05, 3.63) is 56.5 Å². The molecule has 0 atom stereocenters. The van der Waals surface area contributed by atoms with Crippen molar-refractivity contribution in [2.75, 3.05) is 0 Å².